The number of benzene rings is 3. The summed E-state index contributed by atoms with van der Waals surface area (Å²) in [6, 6.07) is 17.2. The summed E-state index contributed by atoms with van der Waals surface area (Å²) in [5.41, 5.74) is 2.22. The molecule has 96 valence electrons. The van der Waals surface area contributed by atoms with Gasteiger partial charge in [0.15, 0.2) is 0 Å². The van der Waals surface area contributed by atoms with Gasteiger partial charge in [0.25, 0.3) is 0 Å². The first-order chi connectivity index (χ1) is 9.81. The third-order valence-corrected chi connectivity index (χ3v) is 3.55. The van der Waals surface area contributed by atoms with E-state index in [-0.39, 0.29) is 5.75 Å². The largest absolute Gasteiger partial charge is 0.507 e. The lowest BCUT2D eigenvalue weighted by molar-refractivity contribution is 0.476. The lowest BCUT2D eigenvalue weighted by Crippen LogP contribution is -1.86. The standard InChI is InChI=1S/C18H12O2/c19-17-9-8-12-6-7-13-10-15(11-16(17)18(12)13)20-14-4-2-1-3-5-14/h1-11,19H. The summed E-state index contributed by atoms with van der Waals surface area (Å²) in [7, 11) is 0. The lowest BCUT2D eigenvalue weighted by atomic mass is 10.0. The molecule has 0 atom stereocenters. The zero-order valence-corrected chi connectivity index (χ0v) is 10.7. The molecule has 0 unspecified atom stereocenters. The Balaban J connectivity index is 1.88. The third kappa shape index (κ3) is 1.66. The Morgan fingerprint density at radius 1 is 0.750 bits per heavy atom. The van der Waals surface area contributed by atoms with Crippen LogP contribution in [0, 0.1) is 0 Å². The monoisotopic (exact) mass is 260 g/mol. The molecule has 2 heteroatoms. The molecular formula is C18H12O2. The van der Waals surface area contributed by atoms with Crippen molar-refractivity contribution in [3.63, 3.8) is 0 Å². The van der Waals surface area contributed by atoms with Gasteiger partial charge in [-0.05, 0) is 41.5 Å². The highest BCUT2D eigenvalue weighted by molar-refractivity contribution is 6.07. The highest BCUT2D eigenvalue weighted by Crippen LogP contribution is 2.39. The van der Waals surface area contributed by atoms with Crippen molar-refractivity contribution >= 4 is 22.9 Å². The average Bonchev–Trinajstić information content (AvgIpc) is 2.88. The average molecular weight is 260 g/mol. The number of rotatable bonds is 2. The summed E-state index contributed by atoms with van der Waals surface area (Å²) >= 11 is 0. The first-order valence-electron chi connectivity index (χ1n) is 6.52. The van der Waals surface area contributed by atoms with Gasteiger partial charge in [-0.15, -0.1) is 0 Å². The lowest BCUT2D eigenvalue weighted by Gasteiger charge is -2.10. The predicted molar refractivity (Wildman–Crippen MR) is 81.1 cm³/mol. The Hall–Kier alpha value is -2.74. The van der Waals surface area contributed by atoms with Crippen LogP contribution in [0.2, 0.25) is 0 Å². The minimum Gasteiger partial charge on any atom is -0.507 e. The van der Waals surface area contributed by atoms with Crippen LogP contribution >= 0.6 is 0 Å². The van der Waals surface area contributed by atoms with Gasteiger partial charge in [-0.1, -0.05) is 36.4 Å². The molecule has 0 aliphatic heterocycles. The van der Waals surface area contributed by atoms with Crippen LogP contribution in [-0.2, 0) is 0 Å². The Morgan fingerprint density at radius 2 is 1.55 bits per heavy atom. The van der Waals surface area contributed by atoms with Gasteiger partial charge in [0.05, 0.1) is 0 Å². The summed E-state index contributed by atoms with van der Waals surface area (Å²) < 4.78 is 5.86. The van der Waals surface area contributed by atoms with Crippen molar-refractivity contribution in [2.75, 3.05) is 0 Å². The highest BCUT2D eigenvalue weighted by Gasteiger charge is 2.14. The van der Waals surface area contributed by atoms with E-state index < -0.39 is 0 Å². The van der Waals surface area contributed by atoms with Crippen molar-refractivity contribution in [2.24, 2.45) is 0 Å². The zero-order valence-electron chi connectivity index (χ0n) is 10.7. The Morgan fingerprint density at radius 3 is 2.40 bits per heavy atom. The number of phenols is 1. The van der Waals surface area contributed by atoms with Crippen LogP contribution in [-0.4, -0.2) is 5.11 Å². The van der Waals surface area contributed by atoms with Gasteiger partial charge in [-0.2, -0.15) is 0 Å². The summed E-state index contributed by atoms with van der Waals surface area (Å²) in [6.45, 7) is 0. The predicted octanol–water partition coefficient (Wildman–Crippen LogP) is 4.82. The maximum absolute atomic E-state index is 10.1. The molecule has 3 aromatic rings. The first kappa shape index (κ1) is 11.1. The van der Waals surface area contributed by atoms with Crippen LogP contribution < -0.4 is 4.74 Å². The van der Waals surface area contributed by atoms with Gasteiger partial charge in [0.1, 0.15) is 17.2 Å². The molecule has 0 saturated heterocycles. The second-order valence-electron chi connectivity index (χ2n) is 4.86. The van der Waals surface area contributed by atoms with Crippen LogP contribution in [0.25, 0.3) is 22.9 Å². The molecule has 4 rings (SSSR count). The van der Waals surface area contributed by atoms with Gasteiger partial charge in [-0.25, -0.2) is 0 Å². The maximum atomic E-state index is 10.1. The molecular weight excluding hydrogens is 248 g/mol. The third-order valence-electron chi connectivity index (χ3n) is 3.55. The van der Waals surface area contributed by atoms with E-state index >= 15 is 0 Å². The van der Waals surface area contributed by atoms with Gasteiger partial charge in [0, 0.05) is 10.8 Å². The fourth-order valence-electron chi connectivity index (χ4n) is 2.64. The number of phenolic OH excluding ortho intramolecular Hbond substituents is 1. The highest BCUT2D eigenvalue weighted by atomic mass is 16.5. The second kappa shape index (κ2) is 4.14. The van der Waals surface area contributed by atoms with E-state index in [0.717, 1.165) is 33.4 Å². The number of ether oxygens (including phenoxy) is 1. The van der Waals surface area contributed by atoms with E-state index in [9.17, 15) is 5.11 Å². The SMILES string of the molecule is Oc1ccc2c3c(cc(Oc4ccccc4)cc13)C=C2. The smallest absolute Gasteiger partial charge is 0.128 e. The molecule has 3 aromatic carbocycles. The molecule has 0 radical (unpaired) electrons. The van der Waals surface area contributed by atoms with Crippen LogP contribution in [0.1, 0.15) is 11.1 Å². The molecule has 1 N–H and O–H groups in total. The molecule has 0 heterocycles. The molecule has 0 spiro atoms. The number of para-hydroxylation sites is 1. The normalized spacial score (nSPS) is 12.0. The van der Waals surface area contributed by atoms with Crippen molar-refractivity contribution in [3.8, 4) is 17.2 Å². The summed E-state index contributed by atoms with van der Waals surface area (Å²) in [5, 5.41) is 12.0. The van der Waals surface area contributed by atoms with Crippen LogP contribution in [0.5, 0.6) is 17.2 Å². The summed E-state index contributed by atoms with van der Waals surface area (Å²) in [4.78, 5) is 0. The fraction of sp³-hybridized carbons (Fsp3) is 0. The maximum Gasteiger partial charge on any atom is 0.128 e. The summed E-state index contributed by atoms with van der Waals surface area (Å²) in [5.74, 6) is 1.81. The summed E-state index contributed by atoms with van der Waals surface area (Å²) in [6.07, 6.45) is 4.11. The van der Waals surface area contributed by atoms with Gasteiger partial charge in [0.2, 0.25) is 0 Å². The van der Waals surface area contributed by atoms with E-state index in [0.29, 0.717) is 0 Å². The van der Waals surface area contributed by atoms with Crippen LogP contribution in [0.4, 0.5) is 0 Å². The van der Waals surface area contributed by atoms with Crippen molar-refractivity contribution in [1.29, 1.82) is 0 Å². The van der Waals surface area contributed by atoms with E-state index in [1.54, 1.807) is 6.07 Å². The van der Waals surface area contributed by atoms with Crippen molar-refractivity contribution in [3.05, 3.63) is 65.7 Å². The molecule has 0 aromatic heterocycles. The number of hydrogen-bond acceptors (Lipinski definition) is 2. The van der Waals surface area contributed by atoms with Crippen molar-refractivity contribution in [2.45, 2.75) is 0 Å². The molecule has 0 amide bonds. The number of hydrogen-bond donors (Lipinski definition) is 1. The first-order valence-corrected chi connectivity index (χ1v) is 6.52. The molecule has 0 saturated carbocycles. The Kier molecular flexibility index (Phi) is 2.30. The van der Waals surface area contributed by atoms with Crippen molar-refractivity contribution in [1.82, 2.24) is 0 Å². The second-order valence-corrected chi connectivity index (χ2v) is 4.86. The molecule has 1 aliphatic carbocycles. The molecule has 0 fully saturated rings. The van der Waals surface area contributed by atoms with Crippen molar-refractivity contribution < 1.29 is 9.84 Å². The van der Waals surface area contributed by atoms with Gasteiger partial charge in [-0.3, -0.25) is 0 Å². The fourth-order valence-corrected chi connectivity index (χ4v) is 2.64. The van der Waals surface area contributed by atoms with E-state index in [1.165, 1.54) is 0 Å². The van der Waals surface area contributed by atoms with Crippen LogP contribution in [0.15, 0.2) is 54.6 Å². The molecule has 1 aliphatic rings. The Labute approximate surface area is 116 Å². The quantitative estimate of drug-likeness (QED) is 0.559. The van der Waals surface area contributed by atoms with Crippen LogP contribution in [0.3, 0.4) is 0 Å². The zero-order chi connectivity index (χ0) is 13.5. The number of aromatic hydroxyl groups is 1. The minimum absolute atomic E-state index is 0.284. The van der Waals surface area contributed by atoms with E-state index in [1.807, 2.05) is 48.5 Å². The van der Waals surface area contributed by atoms with E-state index in [4.69, 9.17) is 4.74 Å². The molecule has 2 nitrogen and oxygen atoms in total. The minimum atomic E-state index is 0.284. The van der Waals surface area contributed by atoms with Gasteiger partial charge >= 0.3 is 0 Å². The molecule has 20 heavy (non-hydrogen) atoms. The topological polar surface area (TPSA) is 29.5 Å². The Bertz CT molecular complexity index is 833. The van der Waals surface area contributed by atoms with E-state index in [2.05, 4.69) is 12.2 Å². The molecule has 0 bridgehead atoms. The van der Waals surface area contributed by atoms with Gasteiger partial charge < -0.3 is 9.84 Å².